The Labute approximate surface area is 106 Å². The molecule has 1 saturated carbocycles. The first kappa shape index (κ1) is 12.1. The number of rotatable bonds is 3. The zero-order valence-corrected chi connectivity index (χ0v) is 11.3. The molecule has 0 saturated heterocycles. The van der Waals surface area contributed by atoms with Crippen LogP contribution in [-0.4, -0.2) is 5.11 Å². The number of benzene rings is 1. The lowest BCUT2D eigenvalue weighted by Gasteiger charge is -2.16. The number of aliphatic hydroxyl groups excluding tert-OH is 1. The van der Waals surface area contributed by atoms with Gasteiger partial charge in [0.2, 0.25) is 0 Å². The summed E-state index contributed by atoms with van der Waals surface area (Å²) in [5.74, 6) is 0.732. The number of hydrogen-bond donors (Lipinski definition) is 1. The van der Waals surface area contributed by atoms with Crippen LogP contribution in [0.1, 0.15) is 49.3 Å². The van der Waals surface area contributed by atoms with Crippen molar-refractivity contribution in [2.45, 2.75) is 45.1 Å². The molecule has 1 atom stereocenters. The van der Waals surface area contributed by atoms with Gasteiger partial charge in [-0.3, -0.25) is 0 Å². The van der Waals surface area contributed by atoms with Crippen molar-refractivity contribution in [3.63, 3.8) is 0 Å². The van der Waals surface area contributed by atoms with Crippen LogP contribution in [0.25, 0.3) is 0 Å². The SMILES string of the molecule is Cc1ccc(C(O)CC2CCCC2)cc1Br. The maximum Gasteiger partial charge on any atom is 0.0793 e. The van der Waals surface area contributed by atoms with Crippen molar-refractivity contribution in [1.82, 2.24) is 0 Å². The van der Waals surface area contributed by atoms with Gasteiger partial charge >= 0.3 is 0 Å². The van der Waals surface area contributed by atoms with Crippen LogP contribution in [-0.2, 0) is 0 Å². The minimum atomic E-state index is -0.292. The van der Waals surface area contributed by atoms with Crippen LogP contribution in [0.15, 0.2) is 22.7 Å². The second kappa shape index (κ2) is 5.33. The zero-order chi connectivity index (χ0) is 11.5. The molecule has 1 aliphatic carbocycles. The maximum atomic E-state index is 10.2. The van der Waals surface area contributed by atoms with E-state index in [2.05, 4.69) is 35.0 Å². The summed E-state index contributed by atoms with van der Waals surface area (Å²) in [6.45, 7) is 2.07. The summed E-state index contributed by atoms with van der Waals surface area (Å²) in [7, 11) is 0. The second-order valence-electron chi connectivity index (χ2n) is 4.91. The molecule has 0 aromatic heterocycles. The average molecular weight is 283 g/mol. The molecule has 0 radical (unpaired) electrons. The summed E-state index contributed by atoms with van der Waals surface area (Å²) >= 11 is 3.52. The van der Waals surface area contributed by atoms with Crippen molar-refractivity contribution in [2.75, 3.05) is 0 Å². The largest absolute Gasteiger partial charge is 0.388 e. The minimum Gasteiger partial charge on any atom is -0.388 e. The third kappa shape index (κ3) is 2.86. The quantitative estimate of drug-likeness (QED) is 0.873. The molecule has 1 aromatic carbocycles. The first-order valence-electron chi connectivity index (χ1n) is 6.11. The van der Waals surface area contributed by atoms with Gasteiger partial charge in [-0.15, -0.1) is 0 Å². The van der Waals surface area contributed by atoms with E-state index in [-0.39, 0.29) is 6.10 Å². The lowest BCUT2D eigenvalue weighted by molar-refractivity contribution is 0.145. The molecule has 0 bridgehead atoms. The van der Waals surface area contributed by atoms with Gasteiger partial charge in [0.25, 0.3) is 0 Å². The highest BCUT2D eigenvalue weighted by atomic mass is 79.9. The van der Waals surface area contributed by atoms with Gasteiger partial charge in [0, 0.05) is 4.47 Å². The highest BCUT2D eigenvalue weighted by Gasteiger charge is 2.19. The monoisotopic (exact) mass is 282 g/mol. The van der Waals surface area contributed by atoms with Crippen LogP contribution < -0.4 is 0 Å². The fourth-order valence-electron chi connectivity index (χ4n) is 2.51. The molecular weight excluding hydrogens is 264 g/mol. The summed E-state index contributed by atoms with van der Waals surface area (Å²) in [5, 5.41) is 10.2. The molecule has 2 rings (SSSR count). The highest BCUT2D eigenvalue weighted by molar-refractivity contribution is 9.10. The van der Waals surface area contributed by atoms with Gasteiger partial charge in [0.1, 0.15) is 0 Å². The molecule has 2 heteroatoms. The molecule has 1 fully saturated rings. The average Bonchev–Trinajstić information content (AvgIpc) is 2.74. The Bertz CT molecular complexity index is 356. The first-order valence-corrected chi connectivity index (χ1v) is 6.90. The Morgan fingerprint density at radius 1 is 1.38 bits per heavy atom. The van der Waals surface area contributed by atoms with Crippen LogP contribution >= 0.6 is 15.9 Å². The Hall–Kier alpha value is -0.340. The van der Waals surface area contributed by atoms with Crippen molar-refractivity contribution < 1.29 is 5.11 Å². The van der Waals surface area contributed by atoms with Crippen LogP contribution in [0, 0.1) is 12.8 Å². The molecule has 0 aliphatic heterocycles. The lowest BCUT2D eigenvalue weighted by atomic mass is 9.95. The summed E-state index contributed by atoms with van der Waals surface area (Å²) < 4.78 is 1.09. The van der Waals surface area contributed by atoms with Crippen molar-refractivity contribution in [3.05, 3.63) is 33.8 Å². The number of aryl methyl sites for hydroxylation is 1. The number of aliphatic hydroxyl groups is 1. The van der Waals surface area contributed by atoms with Gasteiger partial charge in [-0.05, 0) is 36.5 Å². The molecule has 1 nitrogen and oxygen atoms in total. The van der Waals surface area contributed by atoms with Crippen molar-refractivity contribution in [3.8, 4) is 0 Å². The summed E-state index contributed by atoms with van der Waals surface area (Å²) in [6, 6.07) is 6.16. The summed E-state index contributed by atoms with van der Waals surface area (Å²) in [4.78, 5) is 0. The minimum absolute atomic E-state index is 0.292. The molecular formula is C14H19BrO. The molecule has 0 spiro atoms. The van der Waals surface area contributed by atoms with E-state index in [1.54, 1.807) is 0 Å². The molecule has 88 valence electrons. The van der Waals surface area contributed by atoms with Gasteiger partial charge in [-0.2, -0.15) is 0 Å². The Balaban J connectivity index is 2.02. The fraction of sp³-hybridized carbons (Fsp3) is 0.571. The Morgan fingerprint density at radius 3 is 2.69 bits per heavy atom. The topological polar surface area (TPSA) is 20.2 Å². The van der Waals surface area contributed by atoms with Gasteiger partial charge in [-0.25, -0.2) is 0 Å². The smallest absolute Gasteiger partial charge is 0.0793 e. The van der Waals surface area contributed by atoms with E-state index in [1.165, 1.54) is 31.2 Å². The van der Waals surface area contributed by atoms with E-state index in [9.17, 15) is 5.11 Å². The van der Waals surface area contributed by atoms with Gasteiger partial charge < -0.3 is 5.11 Å². The third-order valence-corrected chi connectivity index (χ3v) is 4.47. The van der Waals surface area contributed by atoms with Crippen LogP contribution in [0.4, 0.5) is 0 Å². The van der Waals surface area contributed by atoms with Crippen molar-refractivity contribution in [2.24, 2.45) is 5.92 Å². The van der Waals surface area contributed by atoms with Crippen molar-refractivity contribution in [1.29, 1.82) is 0 Å². The van der Waals surface area contributed by atoms with Crippen LogP contribution in [0.3, 0.4) is 0 Å². The molecule has 16 heavy (non-hydrogen) atoms. The Morgan fingerprint density at radius 2 is 2.06 bits per heavy atom. The molecule has 0 heterocycles. The van der Waals surface area contributed by atoms with E-state index >= 15 is 0 Å². The van der Waals surface area contributed by atoms with E-state index in [0.29, 0.717) is 0 Å². The second-order valence-corrected chi connectivity index (χ2v) is 5.76. The third-order valence-electron chi connectivity index (χ3n) is 3.61. The fourth-order valence-corrected chi connectivity index (χ4v) is 2.91. The molecule has 1 unspecified atom stereocenters. The van der Waals surface area contributed by atoms with E-state index in [4.69, 9.17) is 0 Å². The Kier molecular flexibility index (Phi) is 4.04. The first-order chi connectivity index (χ1) is 7.66. The van der Waals surface area contributed by atoms with Crippen molar-refractivity contribution >= 4 is 15.9 Å². The predicted molar refractivity (Wildman–Crippen MR) is 70.4 cm³/mol. The van der Waals surface area contributed by atoms with Gasteiger partial charge in [0.15, 0.2) is 0 Å². The van der Waals surface area contributed by atoms with Gasteiger partial charge in [-0.1, -0.05) is 53.7 Å². The molecule has 1 aliphatic rings. The van der Waals surface area contributed by atoms with Gasteiger partial charge in [0.05, 0.1) is 6.10 Å². The predicted octanol–water partition coefficient (Wildman–Crippen LogP) is 4.37. The summed E-state index contributed by atoms with van der Waals surface area (Å²) in [5.41, 5.74) is 2.26. The van der Waals surface area contributed by atoms with Crippen LogP contribution in [0.2, 0.25) is 0 Å². The standard InChI is InChI=1S/C14H19BrO/c1-10-6-7-12(9-13(10)15)14(16)8-11-4-2-3-5-11/h6-7,9,11,14,16H,2-5,8H2,1H3. The zero-order valence-electron chi connectivity index (χ0n) is 9.75. The van der Waals surface area contributed by atoms with E-state index in [0.717, 1.165) is 22.4 Å². The highest BCUT2D eigenvalue weighted by Crippen LogP contribution is 2.33. The molecule has 0 amide bonds. The molecule has 1 aromatic rings. The lowest BCUT2D eigenvalue weighted by Crippen LogP contribution is -2.04. The van der Waals surface area contributed by atoms with E-state index < -0.39 is 0 Å². The maximum absolute atomic E-state index is 10.2. The van der Waals surface area contributed by atoms with E-state index in [1.807, 2.05) is 6.07 Å². The van der Waals surface area contributed by atoms with Crippen LogP contribution in [0.5, 0.6) is 0 Å². The summed E-state index contributed by atoms with van der Waals surface area (Å²) in [6.07, 6.45) is 5.91. The number of halogens is 1. The normalized spacial score (nSPS) is 18.9. The number of hydrogen-bond acceptors (Lipinski definition) is 1. The molecule has 1 N–H and O–H groups in total.